The maximum Gasteiger partial charge on any atom is 0.0375 e. The molecule has 1 aromatic carbocycles. The Balaban J connectivity index is 1.63. The summed E-state index contributed by atoms with van der Waals surface area (Å²) in [5.41, 5.74) is 2.48. The zero-order valence-corrected chi connectivity index (χ0v) is 10.2. The van der Waals surface area contributed by atoms with E-state index in [4.69, 9.17) is 0 Å². The number of hydrogen-bond acceptors (Lipinski definition) is 1. The van der Waals surface area contributed by atoms with Crippen LogP contribution in [-0.4, -0.2) is 13.1 Å². The average molecular weight is 224 g/mol. The molecule has 0 bridgehead atoms. The zero-order valence-electron chi connectivity index (χ0n) is 10.2. The van der Waals surface area contributed by atoms with Gasteiger partial charge in [0.25, 0.3) is 0 Å². The van der Waals surface area contributed by atoms with Crippen molar-refractivity contribution in [1.82, 2.24) is 0 Å². The minimum Gasteiger partial charge on any atom is -0.372 e. The quantitative estimate of drug-likeness (QED) is 0.697. The van der Waals surface area contributed by atoms with Crippen molar-refractivity contribution in [1.29, 1.82) is 0 Å². The largest absolute Gasteiger partial charge is 0.372 e. The fraction of sp³-hybridized carbons (Fsp3) is 0.438. The number of benzene rings is 1. The maximum atomic E-state index is 3.21. The molecule has 1 saturated carbocycles. The zero-order chi connectivity index (χ0) is 11.5. The van der Waals surface area contributed by atoms with E-state index < -0.39 is 0 Å². The third-order valence-electron chi connectivity index (χ3n) is 3.50. The van der Waals surface area contributed by atoms with Gasteiger partial charge in [-0.15, -0.1) is 0 Å². The predicted octanol–water partition coefficient (Wildman–Crippen LogP) is 3.25. The highest BCUT2D eigenvalue weighted by atomic mass is 15.1. The molecule has 0 atom stereocenters. The van der Waals surface area contributed by atoms with Crippen LogP contribution in [0.3, 0.4) is 0 Å². The molecule has 0 amide bonds. The number of nitrogens with zero attached hydrogens (tertiary/aromatic N) is 1. The molecule has 1 aromatic rings. The first-order chi connectivity index (χ1) is 8.42. The molecule has 0 aromatic heterocycles. The van der Waals surface area contributed by atoms with Crippen molar-refractivity contribution in [2.24, 2.45) is 5.92 Å². The summed E-state index contributed by atoms with van der Waals surface area (Å²) in [6.07, 6.45) is 7.48. The molecule has 1 aliphatic carbocycles. The Hall–Kier alpha value is -1.42. The molecular weight excluding hydrogens is 206 g/mol. The molecule has 1 aliphatic heterocycles. The van der Waals surface area contributed by atoms with Gasteiger partial charge in [-0.3, -0.25) is 0 Å². The standard InChI is InChI=1S/C16H18N/c1-2-13-17(12-1)16-10-8-15(9-11-16)5-3-4-14-6-7-14/h4,8-11,14H,1-2,6-7,12-13H2. The second-order valence-electron chi connectivity index (χ2n) is 5.01. The van der Waals surface area contributed by atoms with Gasteiger partial charge in [0.05, 0.1) is 0 Å². The van der Waals surface area contributed by atoms with Crippen molar-refractivity contribution < 1.29 is 0 Å². The van der Waals surface area contributed by atoms with Crippen LogP contribution in [0.5, 0.6) is 0 Å². The van der Waals surface area contributed by atoms with Crippen LogP contribution in [0.15, 0.2) is 24.3 Å². The first kappa shape index (κ1) is 10.7. The lowest BCUT2D eigenvalue weighted by Crippen LogP contribution is -2.17. The molecule has 1 saturated heterocycles. The van der Waals surface area contributed by atoms with Crippen LogP contribution in [0.25, 0.3) is 0 Å². The van der Waals surface area contributed by atoms with Gasteiger partial charge >= 0.3 is 0 Å². The summed E-state index contributed by atoms with van der Waals surface area (Å²) in [5.74, 6) is 7.16. The van der Waals surface area contributed by atoms with E-state index in [9.17, 15) is 0 Å². The third-order valence-corrected chi connectivity index (χ3v) is 3.50. The molecule has 1 radical (unpaired) electrons. The fourth-order valence-corrected chi connectivity index (χ4v) is 2.24. The van der Waals surface area contributed by atoms with Gasteiger partial charge in [0.1, 0.15) is 0 Å². The van der Waals surface area contributed by atoms with Crippen LogP contribution in [0, 0.1) is 24.2 Å². The summed E-state index contributed by atoms with van der Waals surface area (Å²) < 4.78 is 0. The van der Waals surface area contributed by atoms with E-state index in [2.05, 4.69) is 47.4 Å². The minimum absolute atomic E-state index is 0.784. The third kappa shape index (κ3) is 2.82. The number of rotatable bonds is 2. The van der Waals surface area contributed by atoms with E-state index in [1.165, 1.54) is 44.5 Å². The predicted molar refractivity (Wildman–Crippen MR) is 71.8 cm³/mol. The Morgan fingerprint density at radius 3 is 2.41 bits per heavy atom. The van der Waals surface area contributed by atoms with Gasteiger partial charge in [-0.1, -0.05) is 11.8 Å². The highest BCUT2D eigenvalue weighted by molar-refractivity contribution is 5.51. The maximum absolute atomic E-state index is 3.21. The molecule has 1 heterocycles. The molecule has 2 fully saturated rings. The van der Waals surface area contributed by atoms with Crippen molar-refractivity contribution in [2.45, 2.75) is 25.7 Å². The Kier molecular flexibility index (Phi) is 3.05. The Morgan fingerprint density at radius 1 is 1.06 bits per heavy atom. The van der Waals surface area contributed by atoms with Crippen LogP contribution in [0.2, 0.25) is 0 Å². The molecule has 3 rings (SSSR count). The summed E-state index contributed by atoms with van der Waals surface area (Å²) in [7, 11) is 0. The van der Waals surface area contributed by atoms with E-state index in [1.807, 2.05) is 0 Å². The topological polar surface area (TPSA) is 3.24 Å². The summed E-state index contributed by atoms with van der Waals surface area (Å²) in [6.45, 7) is 2.42. The van der Waals surface area contributed by atoms with Gasteiger partial charge in [0.15, 0.2) is 0 Å². The van der Waals surface area contributed by atoms with Gasteiger partial charge in [0, 0.05) is 30.8 Å². The highest BCUT2D eigenvalue weighted by Crippen LogP contribution is 2.30. The van der Waals surface area contributed by atoms with Crippen molar-refractivity contribution in [2.75, 3.05) is 18.0 Å². The summed E-state index contributed by atoms with van der Waals surface area (Å²) >= 11 is 0. The summed E-state index contributed by atoms with van der Waals surface area (Å²) in [4.78, 5) is 2.45. The normalized spacial score (nSPS) is 18.9. The van der Waals surface area contributed by atoms with Gasteiger partial charge in [0.2, 0.25) is 0 Å². The molecule has 87 valence electrons. The minimum atomic E-state index is 0.784. The summed E-state index contributed by atoms with van der Waals surface area (Å²) in [5, 5.41) is 0. The number of hydrogen-bond donors (Lipinski definition) is 0. The van der Waals surface area contributed by atoms with Crippen LogP contribution >= 0.6 is 0 Å². The van der Waals surface area contributed by atoms with Crippen molar-refractivity contribution in [3.63, 3.8) is 0 Å². The lowest BCUT2D eigenvalue weighted by Gasteiger charge is -2.17. The lowest BCUT2D eigenvalue weighted by atomic mass is 10.2. The number of anilines is 1. The van der Waals surface area contributed by atoms with Gasteiger partial charge in [-0.05, 0) is 55.9 Å². The molecule has 0 unspecified atom stereocenters. The monoisotopic (exact) mass is 224 g/mol. The second-order valence-corrected chi connectivity index (χ2v) is 5.01. The van der Waals surface area contributed by atoms with Crippen molar-refractivity contribution in [3.05, 3.63) is 36.2 Å². The smallest absolute Gasteiger partial charge is 0.0375 e. The first-order valence-corrected chi connectivity index (χ1v) is 6.62. The summed E-state index contributed by atoms with van der Waals surface area (Å²) in [6, 6.07) is 8.68. The van der Waals surface area contributed by atoms with Gasteiger partial charge in [-0.2, -0.15) is 0 Å². The van der Waals surface area contributed by atoms with E-state index >= 15 is 0 Å². The van der Waals surface area contributed by atoms with Crippen LogP contribution < -0.4 is 4.90 Å². The van der Waals surface area contributed by atoms with E-state index in [0.717, 1.165) is 11.5 Å². The van der Waals surface area contributed by atoms with Gasteiger partial charge < -0.3 is 4.90 Å². The van der Waals surface area contributed by atoms with Crippen molar-refractivity contribution >= 4 is 5.69 Å². The highest BCUT2D eigenvalue weighted by Gasteiger charge is 2.19. The molecule has 0 N–H and O–H groups in total. The van der Waals surface area contributed by atoms with E-state index in [1.54, 1.807) is 0 Å². The molecule has 1 heteroatoms. The van der Waals surface area contributed by atoms with Gasteiger partial charge in [-0.25, -0.2) is 0 Å². The molecule has 17 heavy (non-hydrogen) atoms. The lowest BCUT2D eigenvalue weighted by molar-refractivity contribution is 0.949. The molecule has 1 nitrogen and oxygen atoms in total. The van der Waals surface area contributed by atoms with Crippen molar-refractivity contribution in [3.8, 4) is 11.8 Å². The SMILES string of the molecule is C(#Cc1ccc(N2CCCC2)cc1)[CH]C1CC1. The Morgan fingerprint density at radius 2 is 1.76 bits per heavy atom. The van der Waals surface area contributed by atoms with E-state index in [-0.39, 0.29) is 0 Å². The second kappa shape index (κ2) is 4.84. The van der Waals surface area contributed by atoms with Crippen LogP contribution in [-0.2, 0) is 0 Å². The van der Waals surface area contributed by atoms with Crippen LogP contribution in [0.4, 0.5) is 5.69 Å². The Bertz CT molecular complexity index is 425. The average Bonchev–Trinajstić information content (AvgIpc) is 3.03. The Labute approximate surface area is 104 Å². The van der Waals surface area contributed by atoms with E-state index in [0.29, 0.717) is 0 Å². The van der Waals surface area contributed by atoms with Crippen LogP contribution in [0.1, 0.15) is 31.2 Å². The molecular formula is C16H18N. The molecule has 0 spiro atoms. The first-order valence-electron chi connectivity index (χ1n) is 6.62. The molecule has 2 aliphatic rings. The fourth-order valence-electron chi connectivity index (χ4n) is 2.24.